The molecule has 0 aliphatic carbocycles. The van der Waals surface area contributed by atoms with Crippen LogP contribution in [0.1, 0.15) is 12.5 Å². The Morgan fingerprint density at radius 2 is 1.90 bits per heavy atom. The van der Waals surface area contributed by atoms with Crippen molar-refractivity contribution in [2.45, 2.75) is 6.92 Å². The van der Waals surface area contributed by atoms with Crippen molar-refractivity contribution in [1.29, 1.82) is 0 Å². The molecule has 0 atom stereocenters. The van der Waals surface area contributed by atoms with Crippen LogP contribution in [0, 0.1) is 0 Å². The molecule has 10 heavy (non-hydrogen) atoms. The number of rotatable bonds is 1. The van der Waals surface area contributed by atoms with Crippen molar-refractivity contribution in [3.8, 4) is 0 Å². The Morgan fingerprint density at radius 3 is 2.40 bits per heavy atom. The van der Waals surface area contributed by atoms with Crippen molar-refractivity contribution in [2.24, 2.45) is 5.73 Å². The zero-order valence-electron chi connectivity index (χ0n) is 6.04. The van der Waals surface area contributed by atoms with Gasteiger partial charge in [-0.2, -0.15) is 0 Å². The fourth-order valence-corrected chi connectivity index (χ4v) is 0.797. The Bertz CT molecular complexity index is 224. The molecular weight excluding hydrogens is 122 g/mol. The summed E-state index contributed by atoms with van der Waals surface area (Å²) in [4.78, 5) is 0. The topological polar surface area (TPSA) is 26.0 Å². The van der Waals surface area contributed by atoms with Gasteiger partial charge in [0.2, 0.25) is 0 Å². The molecule has 1 aromatic rings. The highest BCUT2D eigenvalue weighted by molar-refractivity contribution is 5.62. The maximum Gasteiger partial charge on any atom is -0.00265 e. The summed E-state index contributed by atoms with van der Waals surface area (Å²) in [5, 5.41) is 0. The first-order chi connectivity index (χ1) is 4.84. The molecule has 0 heterocycles. The minimum atomic E-state index is 1.11. The first-order valence-corrected chi connectivity index (χ1v) is 3.28. The Labute approximate surface area is 61.2 Å². The maximum atomic E-state index is 5.34. The second kappa shape index (κ2) is 3.06. The van der Waals surface area contributed by atoms with Crippen LogP contribution >= 0.6 is 0 Å². The Morgan fingerprint density at radius 1 is 1.30 bits per heavy atom. The largest absolute Gasteiger partial charge is 0.404 e. The molecule has 0 saturated carbocycles. The summed E-state index contributed by atoms with van der Waals surface area (Å²) >= 11 is 0. The molecule has 0 aliphatic heterocycles. The Hall–Kier alpha value is -1.24. The second-order valence-electron chi connectivity index (χ2n) is 2.22. The number of benzene rings is 1. The van der Waals surface area contributed by atoms with E-state index < -0.39 is 0 Å². The molecule has 0 bridgehead atoms. The molecule has 1 nitrogen and oxygen atoms in total. The summed E-state index contributed by atoms with van der Waals surface area (Å²) in [7, 11) is 0. The molecule has 0 fully saturated rings. The standard InChI is InChI=1S/C9H11N/c1-8(7-10)9-5-3-2-4-6-9/h2-7H,10H2,1H3. The van der Waals surface area contributed by atoms with Gasteiger partial charge in [-0.05, 0) is 24.3 Å². The lowest BCUT2D eigenvalue weighted by atomic mass is 10.1. The van der Waals surface area contributed by atoms with Crippen molar-refractivity contribution in [1.82, 2.24) is 0 Å². The summed E-state index contributed by atoms with van der Waals surface area (Å²) in [5.74, 6) is 0. The minimum absolute atomic E-state index is 1.11. The van der Waals surface area contributed by atoms with E-state index >= 15 is 0 Å². The molecule has 0 aromatic heterocycles. The van der Waals surface area contributed by atoms with Gasteiger partial charge in [0.25, 0.3) is 0 Å². The predicted octanol–water partition coefficient (Wildman–Crippen LogP) is 2.01. The van der Waals surface area contributed by atoms with Crippen LogP contribution in [0.3, 0.4) is 0 Å². The fraction of sp³-hybridized carbons (Fsp3) is 0.111. The van der Waals surface area contributed by atoms with Crippen LogP contribution in [0.5, 0.6) is 0 Å². The van der Waals surface area contributed by atoms with Gasteiger partial charge in [-0.1, -0.05) is 30.3 Å². The summed E-state index contributed by atoms with van der Waals surface area (Å²) in [5.41, 5.74) is 7.64. The summed E-state index contributed by atoms with van der Waals surface area (Å²) in [6.45, 7) is 2.00. The monoisotopic (exact) mass is 133 g/mol. The van der Waals surface area contributed by atoms with E-state index in [2.05, 4.69) is 0 Å². The van der Waals surface area contributed by atoms with E-state index in [4.69, 9.17) is 5.73 Å². The summed E-state index contributed by atoms with van der Waals surface area (Å²) < 4.78 is 0. The molecule has 0 aliphatic rings. The van der Waals surface area contributed by atoms with Crippen molar-refractivity contribution < 1.29 is 0 Å². The van der Waals surface area contributed by atoms with Crippen LogP contribution in [-0.2, 0) is 0 Å². The van der Waals surface area contributed by atoms with E-state index in [1.165, 1.54) is 5.56 Å². The summed E-state index contributed by atoms with van der Waals surface area (Å²) in [6, 6.07) is 10.1. The van der Waals surface area contributed by atoms with E-state index in [0.717, 1.165) is 5.57 Å². The van der Waals surface area contributed by atoms with E-state index in [9.17, 15) is 0 Å². The van der Waals surface area contributed by atoms with Crippen molar-refractivity contribution in [2.75, 3.05) is 0 Å². The van der Waals surface area contributed by atoms with Gasteiger partial charge in [0.15, 0.2) is 0 Å². The van der Waals surface area contributed by atoms with Crippen molar-refractivity contribution in [3.05, 3.63) is 42.1 Å². The summed E-state index contributed by atoms with van der Waals surface area (Å²) in [6.07, 6.45) is 1.62. The number of hydrogen-bond donors (Lipinski definition) is 1. The zero-order valence-corrected chi connectivity index (χ0v) is 6.04. The minimum Gasteiger partial charge on any atom is -0.404 e. The fourth-order valence-electron chi connectivity index (χ4n) is 0.797. The van der Waals surface area contributed by atoms with Gasteiger partial charge in [0.05, 0.1) is 0 Å². The van der Waals surface area contributed by atoms with Gasteiger partial charge < -0.3 is 5.73 Å². The molecule has 1 rings (SSSR count). The molecule has 2 N–H and O–H groups in total. The number of hydrogen-bond acceptors (Lipinski definition) is 1. The van der Waals surface area contributed by atoms with Gasteiger partial charge in [-0.25, -0.2) is 0 Å². The third-order valence-electron chi connectivity index (χ3n) is 1.48. The molecule has 0 unspecified atom stereocenters. The first-order valence-electron chi connectivity index (χ1n) is 3.28. The van der Waals surface area contributed by atoms with Gasteiger partial charge >= 0.3 is 0 Å². The SMILES string of the molecule is CC(=CN)c1ccccc1. The van der Waals surface area contributed by atoms with Crippen LogP contribution < -0.4 is 5.73 Å². The van der Waals surface area contributed by atoms with Crippen LogP contribution in [0.2, 0.25) is 0 Å². The molecule has 0 spiro atoms. The Balaban J connectivity index is 2.96. The molecule has 1 aromatic carbocycles. The Kier molecular flexibility index (Phi) is 2.11. The third-order valence-corrected chi connectivity index (χ3v) is 1.48. The predicted molar refractivity (Wildman–Crippen MR) is 44.3 cm³/mol. The number of allylic oxidation sites excluding steroid dienone is 1. The zero-order chi connectivity index (χ0) is 7.40. The normalized spacial score (nSPS) is 11.5. The van der Waals surface area contributed by atoms with Crippen LogP contribution in [0.15, 0.2) is 36.5 Å². The van der Waals surface area contributed by atoms with E-state index in [1.807, 2.05) is 37.3 Å². The lowest BCUT2D eigenvalue weighted by molar-refractivity contribution is 1.51. The van der Waals surface area contributed by atoms with E-state index in [0.29, 0.717) is 0 Å². The molecule has 0 radical (unpaired) electrons. The van der Waals surface area contributed by atoms with Crippen LogP contribution in [0.25, 0.3) is 5.57 Å². The molecule has 52 valence electrons. The third kappa shape index (κ3) is 1.38. The molecule has 0 amide bonds. The quantitative estimate of drug-likeness (QED) is 0.623. The van der Waals surface area contributed by atoms with E-state index in [-0.39, 0.29) is 0 Å². The lowest BCUT2D eigenvalue weighted by Gasteiger charge is -1.96. The smallest absolute Gasteiger partial charge is 0.00265 e. The first kappa shape index (κ1) is 6.87. The molecular formula is C9H11N. The van der Waals surface area contributed by atoms with Crippen molar-refractivity contribution >= 4 is 5.57 Å². The lowest BCUT2D eigenvalue weighted by Crippen LogP contribution is -1.83. The van der Waals surface area contributed by atoms with Crippen LogP contribution in [-0.4, -0.2) is 0 Å². The molecule has 0 saturated heterocycles. The maximum absolute atomic E-state index is 5.34. The number of nitrogens with two attached hydrogens (primary N) is 1. The van der Waals surface area contributed by atoms with E-state index in [1.54, 1.807) is 6.20 Å². The highest BCUT2D eigenvalue weighted by Gasteiger charge is 1.89. The van der Waals surface area contributed by atoms with Crippen LogP contribution in [0.4, 0.5) is 0 Å². The van der Waals surface area contributed by atoms with Gasteiger partial charge in [0.1, 0.15) is 0 Å². The average molecular weight is 133 g/mol. The molecule has 1 heteroatoms. The second-order valence-corrected chi connectivity index (χ2v) is 2.22. The van der Waals surface area contributed by atoms with Gasteiger partial charge in [0, 0.05) is 0 Å². The highest BCUT2D eigenvalue weighted by atomic mass is 14.5. The van der Waals surface area contributed by atoms with Gasteiger partial charge in [-0.3, -0.25) is 0 Å². The van der Waals surface area contributed by atoms with Gasteiger partial charge in [-0.15, -0.1) is 0 Å². The van der Waals surface area contributed by atoms with Crippen molar-refractivity contribution in [3.63, 3.8) is 0 Å². The average Bonchev–Trinajstić information content (AvgIpc) is 2.05. The highest BCUT2D eigenvalue weighted by Crippen LogP contribution is 2.09.